The molecule has 3 heterocycles. The van der Waals surface area contributed by atoms with Crippen molar-refractivity contribution in [3.05, 3.63) is 17.8 Å². The van der Waals surface area contributed by atoms with Crippen molar-refractivity contribution in [2.75, 3.05) is 32.0 Å². The molecule has 2 saturated heterocycles. The van der Waals surface area contributed by atoms with Crippen LogP contribution in [-0.2, 0) is 4.79 Å². The number of H-pyrrole nitrogens is 1. The van der Waals surface area contributed by atoms with E-state index in [2.05, 4.69) is 25.4 Å². The van der Waals surface area contributed by atoms with Gasteiger partial charge in [0.2, 0.25) is 5.91 Å². The lowest BCUT2D eigenvalue weighted by Gasteiger charge is -2.44. The van der Waals surface area contributed by atoms with Gasteiger partial charge in [0.1, 0.15) is 11.7 Å². The molecule has 0 radical (unpaired) electrons. The Morgan fingerprint density at radius 2 is 1.93 bits per heavy atom. The molecule has 1 aliphatic carbocycles. The molecular formula is C21H34N6O. The summed E-state index contributed by atoms with van der Waals surface area (Å²) in [7, 11) is 1.87. The van der Waals surface area contributed by atoms with Gasteiger partial charge in [-0.2, -0.15) is 0 Å². The zero-order chi connectivity index (χ0) is 19.5. The molecule has 3 fully saturated rings. The van der Waals surface area contributed by atoms with E-state index >= 15 is 0 Å². The molecule has 1 amide bonds. The summed E-state index contributed by atoms with van der Waals surface area (Å²) in [6.07, 6.45) is 11.0. The number of nitrogens with one attached hydrogen (secondary N) is 4. The summed E-state index contributed by atoms with van der Waals surface area (Å²) in [5.74, 6) is 1.71. The summed E-state index contributed by atoms with van der Waals surface area (Å²) in [4.78, 5) is 20.6. The van der Waals surface area contributed by atoms with Gasteiger partial charge >= 0.3 is 0 Å². The molecule has 0 aromatic carbocycles. The first-order valence-corrected chi connectivity index (χ1v) is 10.9. The van der Waals surface area contributed by atoms with Gasteiger partial charge in [0, 0.05) is 45.0 Å². The minimum Gasteiger partial charge on any atom is -0.374 e. The summed E-state index contributed by atoms with van der Waals surface area (Å²) in [6, 6.07) is 2.68. The number of amides is 1. The van der Waals surface area contributed by atoms with Crippen molar-refractivity contribution < 1.29 is 4.79 Å². The molecule has 4 rings (SSSR count). The largest absolute Gasteiger partial charge is 0.374 e. The molecule has 28 heavy (non-hydrogen) atoms. The number of amidine groups is 1. The third-order valence-corrected chi connectivity index (χ3v) is 6.67. The molecule has 0 bridgehead atoms. The SMILES string of the molecule is CNc1[nH]ccc1C(=N)N1CCC[C@@H](N2CCCC(NC3CCCC3)C2=O)C1. The smallest absolute Gasteiger partial charge is 0.240 e. The third-order valence-electron chi connectivity index (χ3n) is 6.67. The Bertz CT molecular complexity index is 695. The zero-order valence-electron chi connectivity index (χ0n) is 17.0. The Kier molecular flexibility index (Phi) is 5.90. The van der Waals surface area contributed by atoms with E-state index in [1.54, 1.807) is 0 Å². The van der Waals surface area contributed by atoms with Crippen LogP contribution in [0.4, 0.5) is 5.82 Å². The van der Waals surface area contributed by atoms with Crippen molar-refractivity contribution in [2.45, 2.75) is 69.5 Å². The number of hydrogen-bond donors (Lipinski definition) is 4. The molecule has 1 saturated carbocycles. The predicted octanol–water partition coefficient (Wildman–Crippen LogP) is 2.37. The third kappa shape index (κ3) is 3.90. The average Bonchev–Trinajstić information content (AvgIpc) is 3.40. The first kappa shape index (κ1) is 19.3. The number of piperidine rings is 2. The lowest BCUT2D eigenvalue weighted by atomic mass is 9.97. The van der Waals surface area contributed by atoms with Crippen LogP contribution in [0.5, 0.6) is 0 Å². The Morgan fingerprint density at radius 3 is 2.71 bits per heavy atom. The number of anilines is 1. The summed E-state index contributed by atoms with van der Waals surface area (Å²) in [6.45, 7) is 2.50. The van der Waals surface area contributed by atoms with Crippen molar-refractivity contribution in [1.82, 2.24) is 20.1 Å². The lowest BCUT2D eigenvalue weighted by molar-refractivity contribution is -0.139. The molecule has 2 atom stereocenters. The molecule has 4 N–H and O–H groups in total. The second kappa shape index (κ2) is 8.55. The number of carbonyl (C=O) groups is 1. The van der Waals surface area contributed by atoms with E-state index in [0.717, 1.165) is 56.7 Å². The van der Waals surface area contributed by atoms with Crippen LogP contribution in [0, 0.1) is 5.41 Å². The van der Waals surface area contributed by atoms with Crippen molar-refractivity contribution in [1.29, 1.82) is 5.41 Å². The van der Waals surface area contributed by atoms with E-state index in [-0.39, 0.29) is 18.0 Å². The Labute approximate surface area is 167 Å². The Morgan fingerprint density at radius 1 is 1.14 bits per heavy atom. The van der Waals surface area contributed by atoms with E-state index in [1.165, 1.54) is 25.7 Å². The fourth-order valence-electron chi connectivity index (χ4n) is 5.15. The fraction of sp³-hybridized carbons (Fsp3) is 0.714. The van der Waals surface area contributed by atoms with Gasteiger partial charge in [0.25, 0.3) is 0 Å². The van der Waals surface area contributed by atoms with E-state index in [4.69, 9.17) is 5.41 Å². The highest BCUT2D eigenvalue weighted by molar-refractivity contribution is 6.01. The van der Waals surface area contributed by atoms with Gasteiger partial charge in [-0.3, -0.25) is 10.2 Å². The van der Waals surface area contributed by atoms with Crippen LogP contribution < -0.4 is 10.6 Å². The first-order chi connectivity index (χ1) is 13.7. The fourth-order valence-corrected chi connectivity index (χ4v) is 5.15. The molecule has 2 aliphatic heterocycles. The zero-order valence-corrected chi connectivity index (χ0v) is 17.0. The van der Waals surface area contributed by atoms with Gasteiger partial charge in [-0.25, -0.2) is 0 Å². The van der Waals surface area contributed by atoms with E-state index < -0.39 is 0 Å². The van der Waals surface area contributed by atoms with Gasteiger partial charge in [-0.15, -0.1) is 0 Å². The second-order valence-electron chi connectivity index (χ2n) is 8.48. The van der Waals surface area contributed by atoms with Crippen molar-refractivity contribution >= 4 is 17.6 Å². The number of carbonyl (C=O) groups excluding carboxylic acids is 1. The van der Waals surface area contributed by atoms with Crippen molar-refractivity contribution in [2.24, 2.45) is 0 Å². The number of rotatable bonds is 5. The molecule has 7 heteroatoms. The van der Waals surface area contributed by atoms with Gasteiger partial charge in [-0.1, -0.05) is 12.8 Å². The maximum Gasteiger partial charge on any atom is 0.240 e. The standard InChI is InChI=1S/C21H34N6O/c1-23-20-17(10-11-24-20)19(22)26-12-4-8-16(14-26)27-13-5-9-18(21(27)28)25-15-6-2-3-7-15/h10-11,15-16,18,22-25H,2-9,12-14H2,1H3/t16-,18?/m1/s1. The molecule has 7 nitrogen and oxygen atoms in total. The number of hydrogen-bond acceptors (Lipinski definition) is 4. The highest BCUT2D eigenvalue weighted by Crippen LogP contribution is 2.25. The minimum atomic E-state index is -0.00718. The van der Waals surface area contributed by atoms with E-state index in [0.29, 0.717) is 11.9 Å². The highest BCUT2D eigenvalue weighted by atomic mass is 16.2. The molecule has 1 unspecified atom stereocenters. The Hall–Kier alpha value is -2.02. The minimum absolute atomic E-state index is 0.00718. The van der Waals surface area contributed by atoms with Crippen LogP contribution in [0.15, 0.2) is 12.3 Å². The molecule has 3 aliphatic rings. The lowest BCUT2D eigenvalue weighted by Crippen LogP contribution is -2.59. The topological polar surface area (TPSA) is 87.2 Å². The summed E-state index contributed by atoms with van der Waals surface area (Å²) in [5.41, 5.74) is 0.897. The van der Waals surface area contributed by atoms with Gasteiger partial charge in [0.05, 0.1) is 11.6 Å². The number of aromatic nitrogens is 1. The summed E-state index contributed by atoms with van der Waals surface area (Å²) in [5, 5.41) is 15.4. The van der Waals surface area contributed by atoms with E-state index in [9.17, 15) is 4.79 Å². The van der Waals surface area contributed by atoms with Crippen molar-refractivity contribution in [3.63, 3.8) is 0 Å². The quantitative estimate of drug-likeness (QED) is 0.462. The number of aromatic amines is 1. The highest BCUT2D eigenvalue weighted by Gasteiger charge is 2.36. The van der Waals surface area contributed by atoms with Crippen LogP contribution in [0.3, 0.4) is 0 Å². The Balaban J connectivity index is 1.40. The normalized spacial score (nSPS) is 26.7. The predicted molar refractivity (Wildman–Crippen MR) is 112 cm³/mol. The maximum atomic E-state index is 13.2. The number of nitrogens with zero attached hydrogens (tertiary/aromatic N) is 2. The van der Waals surface area contributed by atoms with Crippen LogP contribution in [0.1, 0.15) is 56.9 Å². The average molecular weight is 387 g/mol. The van der Waals surface area contributed by atoms with Gasteiger partial charge in [-0.05, 0) is 44.6 Å². The van der Waals surface area contributed by atoms with Crippen molar-refractivity contribution in [3.8, 4) is 0 Å². The first-order valence-electron chi connectivity index (χ1n) is 10.9. The molecule has 1 aromatic heterocycles. The molecule has 0 spiro atoms. The summed E-state index contributed by atoms with van der Waals surface area (Å²) < 4.78 is 0. The van der Waals surface area contributed by atoms with Crippen LogP contribution in [0.25, 0.3) is 0 Å². The van der Waals surface area contributed by atoms with Gasteiger partial charge in [0.15, 0.2) is 0 Å². The van der Waals surface area contributed by atoms with Crippen LogP contribution in [0.2, 0.25) is 0 Å². The number of likely N-dealkylation sites (tertiary alicyclic amines) is 2. The monoisotopic (exact) mass is 386 g/mol. The van der Waals surface area contributed by atoms with E-state index in [1.807, 2.05) is 19.3 Å². The molecule has 1 aromatic rings. The molecular weight excluding hydrogens is 352 g/mol. The summed E-state index contributed by atoms with van der Waals surface area (Å²) >= 11 is 0. The van der Waals surface area contributed by atoms with Crippen LogP contribution in [-0.4, -0.2) is 71.3 Å². The second-order valence-corrected chi connectivity index (χ2v) is 8.48. The van der Waals surface area contributed by atoms with Gasteiger partial charge < -0.3 is 25.4 Å². The van der Waals surface area contributed by atoms with Crippen LogP contribution >= 0.6 is 0 Å². The maximum absolute atomic E-state index is 13.2. The molecule has 154 valence electrons.